The number of carbonyl (C=O) groups is 1. The minimum atomic E-state index is -0.570. The topological polar surface area (TPSA) is 90.9 Å². The Hall–Kier alpha value is -4.53. The molecule has 1 heterocycles. The second-order valence-electron chi connectivity index (χ2n) is 8.51. The Kier molecular flexibility index (Phi) is 6.67. The second-order valence-corrected chi connectivity index (χ2v) is 8.51. The third kappa shape index (κ3) is 3.82. The molecule has 198 valence electrons. The van der Waals surface area contributed by atoms with Gasteiger partial charge in [0, 0.05) is 28.2 Å². The van der Waals surface area contributed by atoms with E-state index in [4.69, 9.17) is 37.9 Å². The van der Waals surface area contributed by atoms with Crippen LogP contribution in [0.2, 0.25) is 0 Å². The van der Waals surface area contributed by atoms with Crippen LogP contribution in [-0.4, -0.2) is 55.2 Å². The van der Waals surface area contributed by atoms with Crippen molar-refractivity contribution in [1.82, 2.24) is 0 Å². The van der Waals surface area contributed by atoms with Crippen molar-refractivity contribution < 1.29 is 42.7 Å². The molecule has 1 aliphatic heterocycles. The smallest absolute Gasteiger partial charge is 0.231 e. The molecule has 9 heteroatoms. The Balaban J connectivity index is 1.83. The number of ether oxygens (including phenoxy) is 8. The average Bonchev–Trinajstić information content (AvgIpc) is 3.54. The Bertz CT molecular complexity index is 1420. The van der Waals surface area contributed by atoms with Gasteiger partial charge in [0.05, 0.1) is 42.7 Å². The van der Waals surface area contributed by atoms with Gasteiger partial charge in [-0.2, -0.15) is 0 Å². The number of allylic oxidation sites excluding steroid dienone is 1. The van der Waals surface area contributed by atoms with E-state index in [-0.39, 0.29) is 12.6 Å². The van der Waals surface area contributed by atoms with Crippen LogP contribution in [0.1, 0.15) is 33.0 Å². The molecule has 5 rings (SSSR count). The Morgan fingerprint density at radius 1 is 0.763 bits per heavy atom. The molecule has 0 radical (unpaired) electrons. The molecule has 0 fully saturated rings. The summed E-state index contributed by atoms with van der Waals surface area (Å²) in [7, 11) is 9.21. The summed E-state index contributed by atoms with van der Waals surface area (Å²) in [6, 6.07) is 10.9. The van der Waals surface area contributed by atoms with E-state index in [0.29, 0.717) is 68.3 Å². The maximum atomic E-state index is 14.1. The molecule has 9 nitrogen and oxygen atoms in total. The summed E-state index contributed by atoms with van der Waals surface area (Å²) in [6.07, 6.45) is 1.82. The Morgan fingerprint density at radius 2 is 1.39 bits per heavy atom. The van der Waals surface area contributed by atoms with Gasteiger partial charge in [-0.1, -0.05) is 12.1 Å². The van der Waals surface area contributed by atoms with E-state index < -0.39 is 5.92 Å². The summed E-state index contributed by atoms with van der Waals surface area (Å²) in [5, 5.41) is 0. The van der Waals surface area contributed by atoms with E-state index in [2.05, 4.69) is 0 Å². The number of carbonyl (C=O) groups excluding carboxylic acids is 1. The zero-order chi connectivity index (χ0) is 27.0. The van der Waals surface area contributed by atoms with Gasteiger partial charge in [-0.05, 0) is 35.9 Å². The highest BCUT2D eigenvalue weighted by Gasteiger charge is 2.42. The SMILES string of the molecule is COc1cc(C2/C(=C/c3cccc4c3OCO4)C(=O)c3cc(OC)c(OC)c(OC)c32)cc(OC)c1OC. The molecule has 0 aromatic heterocycles. The molecule has 0 saturated heterocycles. The van der Waals surface area contributed by atoms with Crippen LogP contribution < -0.4 is 37.9 Å². The van der Waals surface area contributed by atoms with Gasteiger partial charge >= 0.3 is 0 Å². The molecular formula is C29H28O9. The van der Waals surface area contributed by atoms with E-state index in [1.165, 1.54) is 28.4 Å². The van der Waals surface area contributed by atoms with Gasteiger partial charge < -0.3 is 37.9 Å². The number of rotatable bonds is 8. The number of fused-ring (bicyclic) bond motifs is 2. The van der Waals surface area contributed by atoms with E-state index in [0.717, 1.165) is 5.56 Å². The molecule has 0 N–H and O–H groups in total. The first kappa shape index (κ1) is 25.1. The first-order valence-corrected chi connectivity index (χ1v) is 11.8. The maximum Gasteiger partial charge on any atom is 0.231 e. The Labute approximate surface area is 220 Å². The quantitative estimate of drug-likeness (QED) is 0.386. The van der Waals surface area contributed by atoms with Crippen molar-refractivity contribution in [3.63, 3.8) is 0 Å². The monoisotopic (exact) mass is 520 g/mol. The van der Waals surface area contributed by atoms with Crippen molar-refractivity contribution in [2.75, 3.05) is 49.5 Å². The number of benzene rings is 3. The molecule has 0 amide bonds. The van der Waals surface area contributed by atoms with Crippen LogP contribution in [0, 0.1) is 0 Å². The number of para-hydroxylation sites is 1. The molecular weight excluding hydrogens is 492 g/mol. The summed E-state index contributed by atoms with van der Waals surface area (Å²) >= 11 is 0. The van der Waals surface area contributed by atoms with Crippen molar-refractivity contribution in [3.8, 4) is 46.0 Å². The molecule has 3 aromatic carbocycles. The lowest BCUT2D eigenvalue weighted by molar-refractivity contribution is 0.103. The second kappa shape index (κ2) is 10.1. The number of methoxy groups -OCH3 is 6. The third-order valence-electron chi connectivity index (χ3n) is 6.73. The standard InChI is InChI=1S/C29H28O9/c1-31-20-11-16(12-21(32-2)27(20)34-4)23-17(10-15-8-7-9-19-26(15)38-14-37-19)25(30)18-13-22(33-3)28(35-5)29(36-6)24(18)23/h7-13,23H,14H2,1-6H3/b17-10-. The van der Waals surface area contributed by atoms with Gasteiger partial charge in [-0.15, -0.1) is 0 Å². The first-order chi connectivity index (χ1) is 18.5. The summed E-state index contributed by atoms with van der Waals surface area (Å²) in [6.45, 7) is 0.113. The highest BCUT2D eigenvalue weighted by molar-refractivity contribution is 6.18. The maximum absolute atomic E-state index is 14.1. The van der Waals surface area contributed by atoms with Gasteiger partial charge in [0.25, 0.3) is 0 Å². The fourth-order valence-electron chi connectivity index (χ4n) is 5.09. The van der Waals surface area contributed by atoms with Gasteiger partial charge in [-0.3, -0.25) is 4.79 Å². The molecule has 0 spiro atoms. The lowest BCUT2D eigenvalue weighted by Gasteiger charge is -2.22. The van der Waals surface area contributed by atoms with Gasteiger partial charge in [0.1, 0.15) is 0 Å². The molecule has 3 aromatic rings. The van der Waals surface area contributed by atoms with Crippen LogP contribution in [0.5, 0.6) is 46.0 Å². The van der Waals surface area contributed by atoms with Crippen molar-refractivity contribution in [3.05, 3.63) is 64.2 Å². The zero-order valence-electron chi connectivity index (χ0n) is 22.0. The van der Waals surface area contributed by atoms with Gasteiger partial charge in [-0.25, -0.2) is 0 Å². The summed E-state index contributed by atoms with van der Waals surface area (Å²) in [5.41, 5.74) is 3.01. The van der Waals surface area contributed by atoms with Crippen molar-refractivity contribution in [2.24, 2.45) is 0 Å². The van der Waals surface area contributed by atoms with Gasteiger partial charge in [0.15, 0.2) is 40.3 Å². The van der Waals surface area contributed by atoms with Crippen LogP contribution in [-0.2, 0) is 0 Å². The van der Waals surface area contributed by atoms with Crippen molar-refractivity contribution >= 4 is 11.9 Å². The molecule has 1 unspecified atom stereocenters. The van der Waals surface area contributed by atoms with Gasteiger partial charge in [0.2, 0.25) is 18.3 Å². The molecule has 38 heavy (non-hydrogen) atoms. The van der Waals surface area contributed by atoms with Crippen LogP contribution >= 0.6 is 0 Å². The molecule has 2 aliphatic rings. The molecule has 0 saturated carbocycles. The van der Waals surface area contributed by atoms with Crippen molar-refractivity contribution in [2.45, 2.75) is 5.92 Å². The summed E-state index contributed by atoms with van der Waals surface area (Å²) in [5.74, 6) is 2.97. The average molecular weight is 521 g/mol. The fourth-order valence-corrected chi connectivity index (χ4v) is 5.09. The van der Waals surface area contributed by atoms with Crippen LogP contribution in [0.3, 0.4) is 0 Å². The highest BCUT2D eigenvalue weighted by atomic mass is 16.7. The molecule has 1 aliphatic carbocycles. The van der Waals surface area contributed by atoms with E-state index in [1.54, 1.807) is 20.3 Å². The van der Waals surface area contributed by atoms with Crippen LogP contribution in [0.25, 0.3) is 6.08 Å². The molecule has 0 bridgehead atoms. The van der Waals surface area contributed by atoms with E-state index in [1.807, 2.05) is 36.4 Å². The zero-order valence-corrected chi connectivity index (χ0v) is 22.0. The number of Topliss-reactive ketones (excluding diaryl/α,β-unsaturated/α-hetero) is 1. The number of ketones is 1. The minimum absolute atomic E-state index is 0.113. The van der Waals surface area contributed by atoms with Crippen molar-refractivity contribution in [1.29, 1.82) is 0 Å². The fraction of sp³-hybridized carbons (Fsp3) is 0.276. The summed E-state index contributed by atoms with van der Waals surface area (Å²) < 4.78 is 45.1. The predicted octanol–water partition coefficient (Wildman–Crippen LogP) is 4.88. The van der Waals surface area contributed by atoms with E-state index >= 15 is 0 Å². The van der Waals surface area contributed by atoms with E-state index in [9.17, 15) is 4.79 Å². The third-order valence-corrected chi connectivity index (χ3v) is 6.73. The highest BCUT2D eigenvalue weighted by Crippen LogP contribution is 2.55. The predicted molar refractivity (Wildman–Crippen MR) is 139 cm³/mol. The lowest BCUT2D eigenvalue weighted by Crippen LogP contribution is -2.06. The lowest BCUT2D eigenvalue weighted by atomic mass is 9.87. The van der Waals surface area contributed by atoms with Crippen LogP contribution in [0.15, 0.2) is 42.0 Å². The largest absolute Gasteiger partial charge is 0.493 e. The normalized spacial score (nSPS) is 16.3. The Morgan fingerprint density at radius 3 is 2.00 bits per heavy atom. The number of hydrogen-bond donors (Lipinski definition) is 0. The molecule has 1 atom stereocenters. The number of hydrogen-bond acceptors (Lipinski definition) is 9. The van der Waals surface area contributed by atoms with Crippen LogP contribution in [0.4, 0.5) is 0 Å². The first-order valence-electron chi connectivity index (χ1n) is 11.8. The minimum Gasteiger partial charge on any atom is -0.493 e. The summed E-state index contributed by atoms with van der Waals surface area (Å²) in [4.78, 5) is 14.1.